The lowest BCUT2D eigenvalue weighted by Gasteiger charge is -2.16. The van der Waals surface area contributed by atoms with Gasteiger partial charge in [0.15, 0.2) is 0 Å². The molecule has 88 valence electrons. The third-order valence-corrected chi connectivity index (χ3v) is 3.37. The van der Waals surface area contributed by atoms with E-state index in [1.54, 1.807) is 0 Å². The van der Waals surface area contributed by atoms with E-state index in [1.165, 1.54) is 6.07 Å². The Kier molecular flexibility index (Phi) is 3.44. The number of likely N-dealkylation sites (N-methyl/N-ethyl adjacent to an activating group) is 1. The molecule has 1 saturated heterocycles. The van der Waals surface area contributed by atoms with Gasteiger partial charge >= 0.3 is 0 Å². The van der Waals surface area contributed by atoms with Gasteiger partial charge in [0.25, 0.3) is 0 Å². The second kappa shape index (κ2) is 4.67. The lowest BCUT2D eigenvalue weighted by atomic mass is 10.2. The number of likely N-dealkylation sites (tertiary alicyclic amines) is 1. The van der Waals surface area contributed by atoms with E-state index in [0.29, 0.717) is 10.2 Å². The molecule has 1 atom stereocenters. The summed E-state index contributed by atoms with van der Waals surface area (Å²) in [6, 6.07) is 2.39. The molecular weight excluding hydrogens is 278 g/mol. The van der Waals surface area contributed by atoms with Crippen molar-refractivity contribution in [2.45, 2.75) is 12.5 Å². The summed E-state index contributed by atoms with van der Waals surface area (Å²) in [5.41, 5.74) is 0.349. The Morgan fingerprint density at radius 2 is 2.19 bits per heavy atom. The predicted octanol–water partition coefficient (Wildman–Crippen LogP) is 2.84. The van der Waals surface area contributed by atoms with Crippen LogP contribution in [0, 0.1) is 11.6 Å². The van der Waals surface area contributed by atoms with Crippen LogP contribution >= 0.6 is 15.9 Å². The van der Waals surface area contributed by atoms with E-state index in [0.717, 1.165) is 25.6 Å². The molecule has 2 nitrogen and oxygen atoms in total. The van der Waals surface area contributed by atoms with E-state index >= 15 is 0 Å². The Hall–Kier alpha value is -0.680. The van der Waals surface area contributed by atoms with Crippen molar-refractivity contribution < 1.29 is 8.78 Å². The maximum absolute atomic E-state index is 13.5. The van der Waals surface area contributed by atoms with E-state index in [9.17, 15) is 8.78 Å². The van der Waals surface area contributed by atoms with E-state index < -0.39 is 11.6 Å². The van der Waals surface area contributed by atoms with Crippen molar-refractivity contribution in [3.8, 4) is 0 Å². The summed E-state index contributed by atoms with van der Waals surface area (Å²) in [5, 5.41) is 3.10. The molecule has 0 amide bonds. The van der Waals surface area contributed by atoms with Gasteiger partial charge in [-0.05, 0) is 42.0 Å². The van der Waals surface area contributed by atoms with Crippen LogP contribution in [0.1, 0.15) is 6.42 Å². The van der Waals surface area contributed by atoms with Crippen molar-refractivity contribution >= 4 is 21.6 Å². The summed E-state index contributed by atoms with van der Waals surface area (Å²) in [6.07, 6.45) is 0.972. The minimum atomic E-state index is -0.571. The van der Waals surface area contributed by atoms with Crippen molar-refractivity contribution in [2.24, 2.45) is 0 Å². The molecule has 5 heteroatoms. The summed E-state index contributed by atoms with van der Waals surface area (Å²) in [6.45, 7) is 1.88. The van der Waals surface area contributed by atoms with Gasteiger partial charge in [-0.3, -0.25) is 0 Å². The summed E-state index contributed by atoms with van der Waals surface area (Å²) >= 11 is 3.16. The van der Waals surface area contributed by atoms with Gasteiger partial charge in [-0.25, -0.2) is 8.78 Å². The number of rotatable bonds is 2. The number of anilines is 1. The van der Waals surface area contributed by atoms with Gasteiger partial charge < -0.3 is 10.2 Å². The first-order chi connectivity index (χ1) is 7.56. The lowest BCUT2D eigenvalue weighted by Crippen LogP contribution is -2.24. The van der Waals surface area contributed by atoms with Gasteiger partial charge in [0.05, 0.1) is 5.69 Å². The normalized spacial score (nSPS) is 21.4. The summed E-state index contributed by atoms with van der Waals surface area (Å²) in [5.74, 6) is -1.13. The molecule has 1 unspecified atom stereocenters. The first-order valence-electron chi connectivity index (χ1n) is 5.16. The van der Waals surface area contributed by atoms with Crippen LogP contribution in [-0.4, -0.2) is 31.1 Å². The van der Waals surface area contributed by atoms with Crippen LogP contribution in [0.2, 0.25) is 0 Å². The quantitative estimate of drug-likeness (QED) is 0.901. The minimum Gasteiger partial charge on any atom is -0.378 e. The Morgan fingerprint density at radius 1 is 1.44 bits per heavy atom. The third kappa shape index (κ3) is 2.52. The molecule has 0 spiro atoms. The summed E-state index contributed by atoms with van der Waals surface area (Å²) < 4.78 is 26.8. The molecule has 1 fully saturated rings. The van der Waals surface area contributed by atoms with Crippen LogP contribution in [-0.2, 0) is 0 Å². The molecule has 0 radical (unpaired) electrons. The highest BCUT2D eigenvalue weighted by molar-refractivity contribution is 9.10. The number of benzene rings is 1. The summed E-state index contributed by atoms with van der Waals surface area (Å²) in [4.78, 5) is 2.17. The number of hydrogen-bond donors (Lipinski definition) is 1. The maximum atomic E-state index is 13.5. The highest BCUT2D eigenvalue weighted by Crippen LogP contribution is 2.28. The topological polar surface area (TPSA) is 15.3 Å². The molecule has 1 aromatic rings. The molecule has 1 aromatic carbocycles. The number of hydrogen-bond acceptors (Lipinski definition) is 2. The lowest BCUT2D eigenvalue weighted by molar-refractivity contribution is 0.414. The molecule has 1 aliphatic heterocycles. The Morgan fingerprint density at radius 3 is 2.75 bits per heavy atom. The van der Waals surface area contributed by atoms with Crippen LogP contribution in [0.5, 0.6) is 0 Å². The van der Waals surface area contributed by atoms with Crippen LogP contribution in [0.15, 0.2) is 16.6 Å². The Labute approximate surface area is 102 Å². The second-order valence-corrected chi connectivity index (χ2v) is 4.99. The van der Waals surface area contributed by atoms with Gasteiger partial charge in [-0.2, -0.15) is 0 Å². The first kappa shape index (κ1) is 11.8. The Balaban J connectivity index is 2.15. The molecule has 0 aliphatic carbocycles. The van der Waals surface area contributed by atoms with Crippen LogP contribution in [0.25, 0.3) is 0 Å². The number of nitrogens with zero attached hydrogens (tertiary/aromatic N) is 1. The molecule has 16 heavy (non-hydrogen) atoms. The highest BCUT2D eigenvalue weighted by atomic mass is 79.9. The van der Waals surface area contributed by atoms with Gasteiger partial charge in [-0.15, -0.1) is 0 Å². The molecule has 1 heterocycles. The minimum absolute atomic E-state index is 0.223. The van der Waals surface area contributed by atoms with Crippen molar-refractivity contribution in [3.63, 3.8) is 0 Å². The van der Waals surface area contributed by atoms with Crippen LogP contribution in [0.3, 0.4) is 0 Å². The molecular formula is C11H13BrF2N2. The van der Waals surface area contributed by atoms with E-state index in [-0.39, 0.29) is 6.04 Å². The molecule has 1 aliphatic rings. The smallest absolute Gasteiger partial charge is 0.150 e. The zero-order valence-electron chi connectivity index (χ0n) is 8.93. The average Bonchev–Trinajstić information content (AvgIpc) is 2.58. The molecule has 2 rings (SSSR count). The number of halogens is 3. The largest absolute Gasteiger partial charge is 0.378 e. The molecule has 0 saturated carbocycles. The zero-order chi connectivity index (χ0) is 11.7. The fourth-order valence-electron chi connectivity index (χ4n) is 1.94. The number of nitrogens with one attached hydrogen (secondary N) is 1. The van der Waals surface area contributed by atoms with Crippen molar-refractivity contribution in [2.75, 3.05) is 25.5 Å². The average molecular weight is 291 g/mol. The second-order valence-electron chi connectivity index (χ2n) is 4.14. The Bertz CT molecular complexity index is 375. The third-order valence-electron chi connectivity index (χ3n) is 2.75. The van der Waals surface area contributed by atoms with Crippen molar-refractivity contribution in [1.29, 1.82) is 0 Å². The van der Waals surface area contributed by atoms with Crippen LogP contribution < -0.4 is 5.32 Å². The fourth-order valence-corrected chi connectivity index (χ4v) is 2.46. The van der Waals surface area contributed by atoms with Gasteiger partial charge in [0.1, 0.15) is 11.6 Å². The van der Waals surface area contributed by atoms with E-state index in [1.807, 2.05) is 7.05 Å². The maximum Gasteiger partial charge on any atom is 0.150 e. The molecule has 1 N–H and O–H groups in total. The summed E-state index contributed by atoms with van der Waals surface area (Å²) in [7, 11) is 2.03. The standard InChI is InChI=1S/C11H13BrF2N2/c1-16-3-2-8(6-16)15-11-9(12)4-7(13)5-10(11)14/h4-5,8,15H,2-3,6H2,1H3. The first-order valence-corrected chi connectivity index (χ1v) is 5.95. The van der Waals surface area contributed by atoms with Crippen LogP contribution in [0.4, 0.5) is 14.5 Å². The highest BCUT2D eigenvalue weighted by Gasteiger charge is 2.21. The van der Waals surface area contributed by atoms with Gasteiger partial charge in [0.2, 0.25) is 0 Å². The van der Waals surface area contributed by atoms with E-state index in [2.05, 4.69) is 26.1 Å². The molecule has 0 aromatic heterocycles. The van der Waals surface area contributed by atoms with Gasteiger partial charge in [0, 0.05) is 23.1 Å². The van der Waals surface area contributed by atoms with Crippen molar-refractivity contribution in [1.82, 2.24) is 4.90 Å². The SMILES string of the molecule is CN1CCC(Nc2c(F)cc(F)cc2Br)C1. The zero-order valence-corrected chi connectivity index (χ0v) is 10.5. The molecule has 0 bridgehead atoms. The van der Waals surface area contributed by atoms with Gasteiger partial charge in [-0.1, -0.05) is 0 Å². The fraction of sp³-hybridized carbons (Fsp3) is 0.455. The van der Waals surface area contributed by atoms with Crippen molar-refractivity contribution in [3.05, 3.63) is 28.2 Å². The monoisotopic (exact) mass is 290 g/mol. The van der Waals surface area contributed by atoms with E-state index in [4.69, 9.17) is 0 Å². The predicted molar refractivity (Wildman–Crippen MR) is 63.6 cm³/mol.